The molecule has 0 atom stereocenters. The first-order valence-corrected chi connectivity index (χ1v) is 10.7. The largest absolute Gasteiger partial charge is 0.301 e. The number of carbonyl (C=O) groups excluding carboxylic acids is 1. The molecule has 10 heteroatoms. The summed E-state index contributed by atoms with van der Waals surface area (Å²) in [6.45, 7) is 0. The van der Waals surface area contributed by atoms with E-state index in [1.807, 2.05) is 24.3 Å². The van der Waals surface area contributed by atoms with E-state index in [2.05, 4.69) is 25.6 Å². The van der Waals surface area contributed by atoms with E-state index in [1.54, 1.807) is 28.8 Å². The van der Waals surface area contributed by atoms with Gasteiger partial charge in [-0.05, 0) is 48.5 Å². The fourth-order valence-corrected chi connectivity index (χ4v) is 4.39. The number of rotatable bonds is 5. The number of aromatic nitrogens is 5. The lowest BCUT2D eigenvalue weighted by molar-refractivity contribution is -0.113. The molecule has 0 radical (unpaired) electrons. The number of nitrogens with one attached hydrogen (secondary N) is 1. The highest BCUT2D eigenvalue weighted by Crippen LogP contribution is 2.26. The lowest BCUT2D eigenvalue weighted by Crippen LogP contribution is -2.14. The summed E-state index contributed by atoms with van der Waals surface area (Å²) in [5.74, 6) is 0.202. The maximum Gasteiger partial charge on any atom is 0.236 e. The van der Waals surface area contributed by atoms with Gasteiger partial charge >= 0.3 is 0 Å². The van der Waals surface area contributed by atoms with Crippen molar-refractivity contribution in [1.29, 1.82) is 0 Å². The van der Waals surface area contributed by atoms with Crippen LogP contribution >= 0.6 is 23.1 Å². The van der Waals surface area contributed by atoms with Gasteiger partial charge in [0.15, 0.2) is 16.6 Å². The second kappa shape index (κ2) is 7.81. The molecule has 0 aliphatic carbocycles. The molecule has 5 aromatic rings. The van der Waals surface area contributed by atoms with Crippen molar-refractivity contribution in [2.24, 2.45) is 0 Å². The van der Waals surface area contributed by atoms with E-state index in [4.69, 9.17) is 0 Å². The van der Waals surface area contributed by atoms with Crippen LogP contribution in [0.2, 0.25) is 0 Å². The fraction of sp³-hybridized carbons (Fsp3) is 0.0500. The lowest BCUT2D eigenvalue weighted by Gasteiger charge is -2.03. The molecule has 30 heavy (non-hydrogen) atoms. The molecular weight excluding hydrogens is 423 g/mol. The third-order valence-electron chi connectivity index (χ3n) is 4.23. The molecule has 0 aliphatic heterocycles. The van der Waals surface area contributed by atoms with Crippen LogP contribution in [0.25, 0.3) is 27.3 Å². The Kier molecular flexibility index (Phi) is 4.85. The number of nitrogens with zero attached hydrogens (tertiary/aromatic N) is 5. The molecule has 3 heterocycles. The monoisotopic (exact) mass is 436 g/mol. The Morgan fingerprint density at radius 1 is 1.07 bits per heavy atom. The molecule has 0 aliphatic rings. The van der Waals surface area contributed by atoms with Crippen LogP contribution in [0, 0.1) is 5.82 Å². The molecule has 0 saturated carbocycles. The number of para-hydroxylation sites is 1. The summed E-state index contributed by atoms with van der Waals surface area (Å²) in [7, 11) is 0. The number of amides is 1. The molecular formula is C20H13FN6OS2. The maximum atomic E-state index is 13.2. The van der Waals surface area contributed by atoms with Gasteiger partial charge in [-0.25, -0.2) is 9.37 Å². The number of carbonyl (C=O) groups is 1. The van der Waals surface area contributed by atoms with Gasteiger partial charge in [0.2, 0.25) is 5.91 Å². The first-order valence-electron chi connectivity index (χ1n) is 8.92. The predicted octanol–water partition coefficient (Wildman–Crippen LogP) is 4.27. The molecule has 2 aromatic carbocycles. The van der Waals surface area contributed by atoms with Crippen LogP contribution in [0.15, 0.2) is 65.7 Å². The summed E-state index contributed by atoms with van der Waals surface area (Å²) >= 11 is 2.73. The summed E-state index contributed by atoms with van der Waals surface area (Å²) in [5.41, 5.74) is 2.13. The smallest absolute Gasteiger partial charge is 0.236 e. The minimum atomic E-state index is -0.323. The fourth-order valence-electron chi connectivity index (χ4n) is 2.85. The average molecular weight is 436 g/mol. The van der Waals surface area contributed by atoms with Gasteiger partial charge in [-0.15, -0.1) is 10.2 Å². The highest BCUT2D eigenvalue weighted by molar-refractivity contribution is 7.99. The minimum Gasteiger partial charge on any atom is -0.301 e. The van der Waals surface area contributed by atoms with Gasteiger partial charge in [0.05, 0.1) is 16.0 Å². The summed E-state index contributed by atoms with van der Waals surface area (Å²) in [6, 6.07) is 17.3. The number of fused-ring (bicyclic) bond motifs is 2. The Bertz CT molecular complexity index is 1330. The molecule has 1 N–H and O–H groups in total. The van der Waals surface area contributed by atoms with Gasteiger partial charge in [-0.2, -0.15) is 9.61 Å². The topological polar surface area (TPSA) is 85.1 Å². The summed E-state index contributed by atoms with van der Waals surface area (Å²) < 4.78 is 15.8. The van der Waals surface area contributed by atoms with Crippen molar-refractivity contribution in [2.45, 2.75) is 5.03 Å². The zero-order valence-electron chi connectivity index (χ0n) is 15.3. The number of anilines is 1. The number of thioether (sulfide) groups is 1. The molecule has 3 aromatic heterocycles. The normalized spacial score (nSPS) is 11.2. The van der Waals surface area contributed by atoms with Crippen LogP contribution in [-0.4, -0.2) is 36.5 Å². The molecule has 1 amide bonds. The zero-order chi connectivity index (χ0) is 20.5. The van der Waals surface area contributed by atoms with Crippen molar-refractivity contribution in [3.05, 3.63) is 66.5 Å². The van der Waals surface area contributed by atoms with Crippen molar-refractivity contribution < 1.29 is 9.18 Å². The van der Waals surface area contributed by atoms with Crippen LogP contribution in [0.5, 0.6) is 0 Å². The van der Waals surface area contributed by atoms with Gasteiger partial charge in [0.1, 0.15) is 10.8 Å². The maximum absolute atomic E-state index is 13.2. The van der Waals surface area contributed by atoms with Gasteiger partial charge in [-0.3, -0.25) is 4.79 Å². The van der Waals surface area contributed by atoms with E-state index in [0.29, 0.717) is 27.2 Å². The Labute approximate surface area is 178 Å². The number of thiazole rings is 1. The number of hydrogen-bond acceptors (Lipinski definition) is 7. The van der Waals surface area contributed by atoms with Crippen molar-refractivity contribution in [3.8, 4) is 11.4 Å². The first-order chi connectivity index (χ1) is 14.7. The summed E-state index contributed by atoms with van der Waals surface area (Å²) in [4.78, 5) is 16.7. The zero-order valence-corrected chi connectivity index (χ0v) is 17.0. The van der Waals surface area contributed by atoms with Gasteiger partial charge in [0.25, 0.3) is 0 Å². The lowest BCUT2D eigenvalue weighted by atomic mass is 10.2. The molecule has 148 valence electrons. The quantitative estimate of drug-likeness (QED) is 0.414. The van der Waals surface area contributed by atoms with E-state index in [1.165, 1.54) is 35.2 Å². The summed E-state index contributed by atoms with van der Waals surface area (Å²) in [5, 5.41) is 16.8. The third-order valence-corrected chi connectivity index (χ3v) is 6.10. The average Bonchev–Trinajstić information content (AvgIpc) is 3.36. The SMILES string of the molecule is O=C(CSc1ccc2nnc(-c3ccc(F)cc3)n2n1)Nc1nc2ccccc2s1. The van der Waals surface area contributed by atoms with E-state index in [0.717, 1.165) is 10.2 Å². The Morgan fingerprint density at radius 2 is 1.90 bits per heavy atom. The molecule has 0 bridgehead atoms. The standard InChI is InChI=1S/C20H13FN6OS2/c21-13-7-5-12(6-8-13)19-25-24-16-9-10-18(26-27(16)19)29-11-17(28)23-20-22-14-3-1-2-4-15(14)30-20/h1-10H,11H2,(H,22,23,28). The molecule has 0 spiro atoms. The van der Waals surface area contributed by atoms with E-state index in [9.17, 15) is 9.18 Å². The number of benzene rings is 2. The molecule has 5 rings (SSSR count). The van der Waals surface area contributed by atoms with Crippen molar-refractivity contribution in [3.63, 3.8) is 0 Å². The molecule has 0 fully saturated rings. The van der Waals surface area contributed by atoms with E-state index in [-0.39, 0.29) is 17.5 Å². The molecule has 0 unspecified atom stereocenters. The van der Waals surface area contributed by atoms with Crippen LogP contribution in [0.4, 0.5) is 9.52 Å². The third kappa shape index (κ3) is 3.74. The van der Waals surface area contributed by atoms with Crippen molar-refractivity contribution in [1.82, 2.24) is 24.8 Å². The Balaban J connectivity index is 1.30. The highest BCUT2D eigenvalue weighted by atomic mass is 32.2. The number of halogens is 1. The van der Waals surface area contributed by atoms with Crippen molar-refractivity contribution >= 4 is 50.0 Å². The van der Waals surface area contributed by atoms with Crippen LogP contribution in [-0.2, 0) is 4.79 Å². The van der Waals surface area contributed by atoms with E-state index >= 15 is 0 Å². The highest BCUT2D eigenvalue weighted by Gasteiger charge is 2.12. The molecule has 7 nitrogen and oxygen atoms in total. The minimum absolute atomic E-state index is 0.163. The van der Waals surface area contributed by atoms with Gasteiger partial charge in [-0.1, -0.05) is 35.2 Å². The first kappa shape index (κ1) is 18.6. The Morgan fingerprint density at radius 3 is 2.73 bits per heavy atom. The second-order valence-corrected chi connectivity index (χ2v) is 8.32. The van der Waals surface area contributed by atoms with Crippen LogP contribution in [0.1, 0.15) is 0 Å². The second-order valence-electron chi connectivity index (χ2n) is 6.30. The van der Waals surface area contributed by atoms with Gasteiger partial charge in [0, 0.05) is 5.56 Å². The summed E-state index contributed by atoms with van der Waals surface area (Å²) in [6.07, 6.45) is 0. The van der Waals surface area contributed by atoms with Gasteiger partial charge < -0.3 is 5.32 Å². The van der Waals surface area contributed by atoms with Crippen LogP contribution < -0.4 is 5.32 Å². The molecule has 0 saturated heterocycles. The van der Waals surface area contributed by atoms with E-state index < -0.39 is 0 Å². The predicted molar refractivity (Wildman–Crippen MR) is 115 cm³/mol. The van der Waals surface area contributed by atoms with Crippen LogP contribution in [0.3, 0.4) is 0 Å². The number of hydrogen-bond donors (Lipinski definition) is 1. The van der Waals surface area contributed by atoms with Crippen molar-refractivity contribution in [2.75, 3.05) is 11.1 Å². The Hall–Kier alpha value is -3.37.